The molecule has 2 heterocycles. The van der Waals surface area contributed by atoms with E-state index in [-0.39, 0.29) is 23.8 Å². The number of rotatable bonds is 3. The summed E-state index contributed by atoms with van der Waals surface area (Å²) in [6.07, 6.45) is 2.19. The summed E-state index contributed by atoms with van der Waals surface area (Å²) in [5.74, 6) is -0.0138. The van der Waals surface area contributed by atoms with Crippen molar-refractivity contribution in [2.24, 2.45) is 13.0 Å². The molecule has 0 spiro atoms. The van der Waals surface area contributed by atoms with Crippen molar-refractivity contribution in [2.75, 3.05) is 0 Å². The summed E-state index contributed by atoms with van der Waals surface area (Å²) in [6.45, 7) is 6.23. The maximum atomic E-state index is 12.6. The van der Waals surface area contributed by atoms with Crippen molar-refractivity contribution in [3.05, 3.63) is 18.0 Å². The zero-order valence-electron chi connectivity index (χ0n) is 12.5. The van der Waals surface area contributed by atoms with Gasteiger partial charge in [0.25, 0.3) is 0 Å². The molecule has 0 bridgehead atoms. The van der Waals surface area contributed by atoms with Crippen molar-refractivity contribution in [1.29, 1.82) is 0 Å². The Labute approximate surface area is 119 Å². The number of nitrogens with one attached hydrogen (secondary N) is 1. The molecule has 1 aliphatic rings. The molecule has 1 aliphatic heterocycles. The van der Waals surface area contributed by atoms with Crippen LogP contribution < -0.4 is 5.32 Å². The van der Waals surface area contributed by atoms with Gasteiger partial charge in [-0.1, -0.05) is 13.8 Å². The van der Waals surface area contributed by atoms with Crippen LogP contribution in [-0.2, 0) is 23.2 Å². The fraction of sp³-hybridized carbons (Fsp3) is 0.643. The lowest BCUT2D eigenvalue weighted by Gasteiger charge is -2.29. The highest BCUT2D eigenvalue weighted by atomic mass is 16.2. The lowest BCUT2D eigenvalue weighted by atomic mass is 10.0. The lowest BCUT2D eigenvalue weighted by Crippen LogP contribution is -2.48. The van der Waals surface area contributed by atoms with Crippen molar-refractivity contribution >= 4 is 11.8 Å². The average Bonchev–Trinajstić information content (AvgIpc) is 2.73. The Morgan fingerprint density at radius 1 is 1.45 bits per heavy atom. The minimum absolute atomic E-state index is 0.0241. The highest BCUT2D eigenvalue weighted by Crippen LogP contribution is 2.18. The third kappa shape index (κ3) is 3.00. The molecule has 6 heteroatoms. The molecular weight excluding hydrogens is 256 g/mol. The van der Waals surface area contributed by atoms with Gasteiger partial charge in [0.1, 0.15) is 6.04 Å². The second-order valence-electron chi connectivity index (χ2n) is 5.79. The van der Waals surface area contributed by atoms with Crippen LogP contribution >= 0.6 is 0 Å². The minimum Gasteiger partial charge on any atom is -0.344 e. The molecule has 20 heavy (non-hydrogen) atoms. The molecule has 1 N–H and O–H groups in total. The van der Waals surface area contributed by atoms with Crippen LogP contribution in [0.3, 0.4) is 0 Å². The van der Waals surface area contributed by atoms with E-state index in [1.807, 2.05) is 40.1 Å². The van der Waals surface area contributed by atoms with E-state index in [0.717, 1.165) is 5.69 Å². The summed E-state index contributed by atoms with van der Waals surface area (Å²) >= 11 is 0. The van der Waals surface area contributed by atoms with E-state index in [4.69, 9.17) is 0 Å². The standard InChI is InChI=1S/C14H22N4O2/c1-9(2)13-14(20)18(10(3)7-12(19)15-13)8-11-5-6-17(4)16-11/h5-6,9-10,13H,7-8H2,1-4H3,(H,15,19). The molecule has 1 fully saturated rings. The third-order valence-electron chi connectivity index (χ3n) is 3.65. The zero-order chi connectivity index (χ0) is 14.9. The van der Waals surface area contributed by atoms with Gasteiger partial charge < -0.3 is 10.2 Å². The van der Waals surface area contributed by atoms with Gasteiger partial charge >= 0.3 is 0 Å². The Morgan fingerprint density at radius 3 is 2.70 bits per heavy atom. The molecule has 0 aliphatic carbocycles. The van der Waals surface area contributed by atoms with E-state index in [9.17, 15) is 9.59 Å². The van der Waals surface area contributed by atoms with Crippen molar-refractivity contribution in [1.82, 2.24) is 20.0 Å². The van der Waals surface area contributed by atoms with Gasteiger partial charge in [0.15, 0.2) is 0 Å². The quantitative estimate of drug-likeness (QED) is 0.884. The summed E-state index contributed by atoms with van der Waals surface area (Å²) in [5, 5.41) is 7.13. The van der Waals surface area contributed by atoms with E-state index < -0.39 is 6.04 Å². The molecule has 2 atom stereocenters. The van der Waals surface area contributed by atoms with Crippen LogP contribution in [0.25, 0.3) is 0 Å². The van der Waals surface area contributed by atoms with Crippen LogP contribution in [-0.4, -0.2) is 38.6 Å². The normalized spacial score (nSPS) is 23.9. The Balaban J connectivity index is 2.23. The van der Waals surface area contributed by atoms with Gasteiger partial charge in [-0.3, -0.25) is 14.3 Å². The highest BCUT2D eigenvalue weighted by Gasteiger charge is 2.35. The molecule has 2 rings (SSSR count). The molecular formula is C14H22N4O2. The molecule has 1 aromatic heterocycles. The predicted octanol–water partition coefficient (Wildman–Crippen LogP) is 0.682. The number of aryl methyl sites for hydroxylation is 1. The zero-order valence-corrected chi connectivity index (χ0v) is 12.5. The summed E-state index contributed by atoms with van der Waals surface area (Å²) in [7, 11) is 1.85. The van der Waals surface area contributed by atoms with E-state index in [0.29, 0.717) is 13.0 Å². The number of carbonyl (C=O) groups excluding carboxylic acids is 2. The number of amides is 2. The van der Waals surface area contributed by atoms with Crippen LogP contribution in [0.1, 0.15) is 32.9 Å². The Kier molecular flexibility index (Phi) is 4.11. The van der Waals surface area contributed by atoms with Crippen molar-refractivity contribution in [2.45, 2.75) is 45.8 Å². The number of hydrogen-bond donors (Lipinski definition) is 1. The van der Waals surface area contributed by atoms with Crippen LogP contribution in [0.5, 0.6) is 0 Å². The summed E-state index contributed by atoms with van der Waals surface area (Å²) in [5.41, 5.74) is 0.838. The molecule has 2 amide bonds. The summed E-state index contributed by atoms with van der Waals surface area (Å²) in [4.78, 5) is 26.2. The second kappa shape index (κ2) is 5.64. The molecule has 0 aromatic carbocycles. The molecule has 1 aromatic rings. The van der Waals surface area contributed by atoms with Crippen LogP contribution in [0.4, 0.5) is 0 Å². The number of aromatic nitrogens is 2. The molecule has 2 unspecified atom stereocenters. The maximum absolute atomic E-state index is 12.6. The van der Waals surface area contributed by atoms with Gasteiger partial charge in [-0.05, 0) is 18.9 Å². The molecule has 0 radical (unpaired) electrons. The van der Waals surface area contributed by atoms with Gasteiger partial charge in [-0.2, -0.15) is 5.10 Å². The van der Waals surface area contributed by atoms with Crippen LogP contribution in [0.15, 0.2) is 12.3 Å². The van der Waals surface area contributed by atoms with Crippen molar-refractivity contribution in [3.63, 3.8) is 0 Å². The second-order valence-corrected chi connectivity index (χ2v) is 5.79. The van der Waals surface area contributed by atoms with E-state index in [1.54, 1.807) is 9.58 Å². The third-order valence-corrected chi connectivity index (χ3v) is 3.65. The minimum atomic E-state index is -0.448. The Hall–Kier alpha value is -1.85. The highest BCUT2D eigenvalue weighted by molar-refractivity contribution is 5.90. The van der Waals surface area contributed by atoms with E-state index in [2.05, 4.69) is 10.4 Å². The first kappa shape index (κ1) is 14.6. The van der Waals surface area contributed by atoms with E-state index >= 15 is 0 Å². The first-order chi connectivity index (χ1) is 9.38. The summed E-state index contributed by atoms with van der Waals surface area (Å²) < 4.78 is 1.71. The average molecular weight is 278 g/mol. The van der Waals surface area contributed by atoms with Gasteiger partial charge in [0.05, 0.1) is 12.2 Å². The van der Waals surface area contributed by atoms with Crippen molar-refractivity contribution < 1.29 is 9.59 Å². The largest absolute Gasteiger partial charge is 0.344 e. The topological polar surface area (TPSA) is 67.2 Å². The maximum Gasteiger partial charge on any atom is 0.246 e. The van der Waals surface area contributed by atoms with Gasteiger partial charge in [0.2, 0.25) is 11.8 Å². The summed E-state index contributed by atoms with van der Waals surface area (Å²) in [6, 6.07) is 1.33. The smallest absolute Gasteiger partial charge is 0.246 e. The number of nitrogens with zero attached hydrogens (tertiary/aromatic N) is 3. The van der Waals surface area contributed by atoms with E-state index in [1.165, 1.54) is 0 Å². The van der Waals surface area contributed by atoms with Crippen LogP contribution in [0.2, 0.25) is 0 Å². The Bertz CT molecular complexity index is 509. The first-order valence-electron chi connectivity index (χ1n) is 6.97. The van der Waals surface area contributed by atoms with Gasteiger partial charge in [-0.25, -0.2) is 0 Å². The van der Waals surface area contributed by atoms with Crippen LogP contribution in [0, 0.1) is 5.92 Å². The van der Waals surface area contributed by atoms with Crippen molar-refractivity contribution in [3.8, 4) is 0 Å². The molecule has 1 saturated heterocycles. The first-order valence-corrected chi connectivity index (χ1v) is 6.97. The lowest BCUT2D eigenvalue weighted by molar-refractivity contribution is -0.136. The SMILES string of the molecule is CC(C)C1NC(=O)CC(C)N(Cc2ccn(C)n2)C1=O. The number of carbonyl (C=O) groups is 2. The number of hydrogen-bond acceptors (Lipinski definition) is 3. The Morgan fingerprint density at radius 2 is 2.15 bits per heavy atom. The molecule has 110 valence electrons. The fourth-order valence-corrected chi connectivity index (χ4v) is 2.48. The predicted molar refractivity (Wildman–Crippen MR) is 74.6 cm³/mol. The van der Waals surface area contributed by atoms with Gasteiger partial charge in [-0.15, -0.1) is 0 Å². The van der Waals surface area contributed by atoms with Gasteiger partial charge in [0, 0.05) is 25.7 Å². The molecule has 6 nitrogen and oxygen atoms in total. The fourth-order valence-electron chi connectivity index (χ4n) is 2.48. The monoisotopic (exact) mass is 278 g/mol. The molecule has 0 saturated carbocycles.